The maximum atomic E-state index is 12.6. The predicted molar refractivity (Wildman–Crippen MR) is 97.1 cm³/mol. The number of likely N-dealkylation sites (tertiary alicyclic amines) is 1. The largest absolute Gasteiger partial charge is 0.342 e. The molecule has 0 bridgehead atoms. The van der Waals surface area contributed by atoms with Gasteiger partial charge in [-0.2, -0.15) is 0 Å². The third kappa shape index (κ3) is 4.64. The van der Waals surface area contributed by atoms with Gasteiger partial charge in [-0.15, -0.1) is 0 Å². The number of nitrogens with zero attached hydrogens (tertiary/aromatic N) is 2. The Morgan fingerprint density at radius 1 is 1.21 bits per heavy atom. The number of benzene rings is 1. The lowest BCUT2D eigenvalue weighted by Crippen LogP contribution is -2.44. The molecule has 0 spiro atoms. The van der Waals surface area contributed by atoms with E-state index in [0.717, 1.165) is 18.4 Å². The van der Waals surface area contributed by atoms with Crippen LogP contribution in [0.5, 0.6) is 0 Å². The molecule has 0 radical (unpaired) electrons. The molecular weight excluding hydrogens is 347 g/mol. The highest BCUT2D eigenvalue weighted by molar-refractivity contribution is 6.42. The van der Waals surface area contributed by atoms with E-state index >= 15 is 0 Å². The SMILES string of the molecule is CC(C)C(=O)N1CCC(C(=O)N(C)Cc2ccc(Cl)c(Cl)c2)CC1. The fourth-order valence-electron chi connectivity index (χ4n) is 3.01. The molecule has 1 fully saturated rings. The molecule has 24 heavy (non-hydrogen) atoms. The van der Waals surface area contributed by atoms with Crippen molar-refractivity contribution in [3.8, 4) is 0 Å². The Morgan fingerprint density at radius 2 is 1.83 bits per heavy atom. The van der Waals surface area contributed by atoms with Crippen molar-refractivity contribution < 1.29 is 9.59 Å². The van der Waals surface area contributed by atoms with Crippen LogP contribution in [0.25, 0.3) is 0 Å². The topological polar surface area (TPSA) is 40.6 Å². The van der Waals surface area contributed by atoms with Crippen molar-refractivity contribution in [2.75, 3.05) is 20.1 Å². The summed E-state index contributed by atoms with van der Waals surface area (Å²) in [5, 5.41) is 1.01. The first-order chi connectivity index (χ1) is 11.3. The number of carbonyl (C=O) groups excluding carboxylic acids is 2. The van der Waals surface area contributed by atoms with Gasteiger partial charge in [-0.25, -0.2) is 0 Å². The number of hydrogen-bond acceptors (Lipinski definition) is 2. The van der Waals surface area contributed by atoms with Crippen LogP contribution in [0.1, 0.15) is 32.3 Å². The van der Waals surface area contributed by atoms with Crippen LogP contribution in [-0.4, -0.2) is 41.8 Å². The Morgan fingerprint density at radius 3 is 2.38 bits per heavy atom. The van der Waals surface area contributed by atoms with Crippen LogP contribution in [0, 0.1) is 11.8 Å². The Bertz CT molecular complexity index is 611. The van der Waals surface area contributed by atoms with Crippen LogP contribution in [0.2, 0.25) is 10.0 Å². The first-order valence-corrected chi connectivity index (χ1v) is 9.03. The maximum Gasteiger partial charge on any atom is 0.225 e. The van der Waals surface area contributed by atoms with Gasteiger partial charge < -0.3 is 9.80 Å². The van der Waals surface area contributed by atoms with Crippen LogP contribution >= 0.6 is 23.2 Å². The molecule has 6 heteroatoms. The Kier molecular flexibility index (Phi) is 6.53. The fourth-order valence-corrected chi connectivity index (χ4v) is 3.33. The van der Waals surface area contributed by atoms with Gasteiger partial charge in [-0.3, -0.25) is 9.59 Å². The second kappa shape index (κ2) is 8.21. The smallest absolute Gasteiger partial charge is 0.225 e. The van der Waals surface area contributed by atoms with Crippen molar-refractivity contribution in [3.05, 3.63) is 33.8 Å². The van der Waals surface area contributed by atoms with E-state index in [0.29, 0.717) is 29.7 Å². The lowest BCUT2D eigenvalue weighted by Gasteiger charge is -2.34. The van der Waals surface area contributed by atoms with E-state index in [1.165, 1.54) is 0 Å². The number of hydrogen-bond donors (Lipinski definition) is 0. The highest BCUT2D eigenvalue weighted by Crippen LogP contribution is 2.25. The van der Waals surface area contributed by atoms with Crippen LogP contribution in [0.15, 0.2) is 18.2 Å². The second-order valence-electron chi connectivity index (χ2n) is 6.70. The molecular formula is C18H24Cl2N2O2. The summed E-state index contributed by atoms with van der Waals surface area (Å²) in [4.78, 5) is 28.2. The van der Waals surface area contributed by atoms with Crippen LogP contribution < -0.4 is 0 Å². The molecule has 1 heterocycles. The zero-order valence-corrected chi connectivity index (χ0v) is 15.9. The van der Waals surface area contributed by atoms with Crippen LogP contribution in [0.3, 0.4) is 0 Å². The van der Waals surface area contributed by atoms with E-state index in [-0.39, 0.29) is 23.7 Å². The van der Waals surface area contributed by atoms with Gasteiger partial charge in [0.1, 0.15) is 0 Å². The van der Waals surface area contributed by atoms with Gasteiger partial charge in [0.05, 0.1) is 10.0 Å². The van der Waals surface area contributed by atoms with Crippen molar-refractivity contribution in [1.29, 1.82) is 0 Å². The van der Waals surface area contributed by atoms with E-state index in [1.807, 2.05) is 24.8 Å². The van der Waals surface area contributed by atoms with Crippen molar-refractivity contribution in [1.82, 2.24) is 9.80 Å². The summed E-state index contributed by atoms with van der Waals surface area (Å²) in [7, 11) is 1.80. The minimum atomic E-state index is -0.0195. The average molecular weight is 371 g/mol. The molecule has 1 aromatic carbocycles. The molecule has 2 rings (SSSR count). The van der Waals surface area contributed by atoms with Crippen molar-refractivity contribution in [3.63, 3.8) is 0 Å². The molecule has 1 aromatic rings. The molecule has 4 nitrogen and oxygen atoms in total. The number of carbonyl (C=O) groups is 2. The summed E-state index contributed by atoms with van der Waals surface area (Å²) >= 11 is 11.9. The van der Waals surface area contributed by atoms with Gasteiger partial charge in [0.2, 0.25) is 11.8 Å². The van der Waals surface area contributed by atoms with Crippen molar-refractivity contribution in [2.24, 2.45) is 11.8 Å². The lowest BCUT2D eigenvalue weighted by atomic mass is 9.94. The number of halogens is 2. The molecule has 1 aliphatic heterocycles. The zero-order valence-electron chi connectivity index (χ0n) is 14.4. The van der Waals surface area contributed by atoms with Crippen LogP contribution in [-0.2, 0) is 16.1 Å². The highest BCUT2D eigenvalue weighted by atomic mass is 35.5. The molecule has 1 aliphatic rings. The Hall–Kier alpha value is -1.26. The molecule has 0 aliphatic carbocycles. The molecule has 0 saturated carbocycles. The molecule has 0 atom stereocenters. The Labute approximate surface area is 153 Å². The van der Waals surface area contributed by atoms with Gasteiger partial charge >= 0.3 is 0 Å². The fraction of sp³-hybridized carbons (Fsp3) is 0.556. The van der Waals surface area contributed by atoms with E-state index in [9.17, 15) is 9.59 Å². The molecule has 1 saturated heterocycles. The summed E-state index contributed by atoms with van der Waals surface area (Å²) in [6, 6.07) is 5.41. The van der Waals surface area contributed by atoms with Crippen LogP contribution in [0.4, 0.5) is 0 Å². The van der Waals surface area contributed by atoms with E-state index in [2.05, 4.69) is 0 Å². The molecule has 2 amide bonds. The summed E-state index contributed by atoms with van der Waals surface area (Å²) in [5.74, 6) is 0.284. The number of piperidine rings is 1. The van der Waals surface area contributed by atoms with Gasteiger partial charge in [-0.1, -0.05) is 43.1 Å². The summed E-state index contributed by atoms with van der Waals surface area (Å²) < 4.78 is 0. The monoisotopic (exact) mass is 370 g/mol. The second-order valence-corrected chi connectivity index (χ2v) is 7.51. The average Bonchev–Trinajstić information content (AvgIpc) is 2.56. The minimum absolute atomic E-state index is 0.00887. The quantitative estimate of drug-likeness (QED) is 0.807. The minimum Gasteiger partial charge on any atom is -0.342 e. The molecule has 0 unspecified atom stereocenters. The maximum absolute atomic E-state index is 12.6. The van der Waals surface area contributed by atoms with Gasteiger partial charge in [0.15, 0.2) is 0 Å². The first kappa shape index (κ1) is 19.1. The summed E-state index contributed by atoms with van der Waals surface area (Å²) in [6.07, 6.45) is 1.45. The summed E-state index contributed by atoms with van der Waals surface area (Å²) in [5.41, 5.74) is 0.952. The van der Waals surface area contributed by atoms with Gasteiger partial charge in [0, 0.05) is 38.5 Å². The summed E-state index contributed by atoms with van der Waals surface area (Å²) in [6.45, 7) is 5.64. The van der Waals surface area contributed by atoms with Gasteiger partial charge in [-0.05, 0) is 30.5 Å². The van der Waals surface area contributed by atoms with E-state index < -0.39 is 0 Å². The first-order valence-electron chi connectivity index (χ1n) is 8.27. The Balaban J connectivity index is 1.90. The van der Waals surface area contributed by atoms with Gasteiger partial charge in [0.25, 0.3) is 0 Å². The standard InChI is InChI=1S/C18H24Cl2N2O2/c1-12(2)17(23)22-8-6-14(7-9-22)18(24)21(3)11-13-4-5-15(19)16(20)10-13/h4-5,10,12,14H,6-9,11H2,1-3H3. The van der Waals surface area contributed by atoms with Crippen molar-refractivity contribution >= 4 is 35.0 Å². The van der Waals surface area contributed by atoms with E-state index in [1.54, 1.807) is 24.1 Å². The zero-order chi connectivity index (χ0) is 17.9. The normalized spacial score (nSPS) is 15.7. The highest BCUT2D eigenvalue weighted by Gasteiger charge is 2.29. The van der Waals surface area contributed by atoms with E-state index in [4.69, 9.17) is 23.2 Å². The number of rotatable bonds is 4. The third-order valence-electron chi connectivity index (χ3n) is 4.43. The lowest BCUT2D eigenvalue weighted by molar-refractivity contribution is -0.141. The molecule has 0 N–H and O–H groups in total. The molecule has 0 aromatic heterocycles. The predicted octanol–water partition coefficient (Wildman–Crippen LogP) is 3.85. The molecule has 132 valence electrons. The third-order valence-corrected chi connectivity index (χ3v) is 5.17. The van der Waals surface area contributed by atoms with Crippen molar-refractivity contribution in [2.45, 2.75) is 33.2 Å². The number of amides is 2.